The lowest BCUT2D eigenvalue weighted by Crippen LogP contribution is -2.30. The number of carbonyl (C=O) groups excluding carboxylic acids is 2. The van der Waals surface area contributed by atoms with Crippen molar-refractivity contribution >= 4 is 17.5 Å². The van der Waals surface area contributed by atoms with Gasteiger partial charge < -0.3 is 10.6 Å². The summed E-state index contributed by atoms with van der Waals surface area (Å²) < 4.78 is 52.7. The molecule has 0 spiro atoms. The topological polar surface area (TPSA) is 58.2 Å². The van der Waals surface area contributed by atoms with Crippen LogP contribution in [0.5, 0.6) is 0 Å². The Hall–Kier alpha value is -2.90. The zero-order valence-electron chi connectivity index (χ0n) is 12.9. The van der Waals surface area contributed by atoms with Gasteiger partial charge in [-0.05, 0) is 30.2 Å². The van der Waals surface area contributed by atoms with Crippen LogP contribution >= 0.6 is 0 Å². The molecule has 0 bridgehead atoms. The maximum absolute atomic E-state index is 13.4. The Morgan fingerprint density at radius 2 is 1.56 bits per heavy atom. The van der Waals surface area contributed by atoms with Crippen molar-refractivity contribution in [1.82, 2.24) is 5.32 Å². The predicted molar refractivity (Wildman–Crippen MR) is 82.7 cm³/mol. The quantitative estimate of drug-likeness (QED) is 0.476. The summed E-state index contributed by atoms with van der Waals surface area (Å²) in [7, 11) is 0. The summed E-state index contributed by atoms with van der Waals surface area (Å²) in [5.74, 6) is -6.62. The van der Waals surface area contributed by atoms with Crippen LogP contribution < -0.4 is 10.6 Å². The molecule has 0 atom stereocenters. The molecule has 2 aromatic rings. The lowest BCUT2D eigenvalue weighted by molar-refractivity contribution is -0.126. The van der Waals surface area contributed by atoms with Gasteiger partial charge in [0.1, 0.15) is 12.2 Å². The van der Waals surface area contributed by atoms with Crippen molar-refractivity contribution in [2.75, 3.05) is 11.9 Å². The molecule has 0 saturated heterocycles. The summed E-state index contributed by atoms with van der Waals surface area (Å²) in [6.07, 6.45) is -0.409. The molecule has 0 fully saturated rings. The highest BCUT2D eigenvalue weighted by atomic mass is 19.2. The maximum Gasteiger partial charge on any atom is 0.233 e. The monoisotopic (exact) mass is 354 g/mol. The van der Waals surface area contributed by atoms with Gasteiger partial charge in [0.15, 0.2) is 17.5 Å². The van der Waals surface area contributed by atoms with Crippen LogP contribution in [0.1, 0.15) is 12.0 Å². The van der Waals surface area contributed by atoms with Crippen LogP contribution in [0.2, 0.25) is 0 Å². The van der Waals surface area contributed by atoms with Gasteiger partial charge in [0.05, 0.1) is 5.69 Å². The van der Waals surface area contributed by atoms with Gasteiger partial charge in [-0.3, -0.25) is 9.59 Å². The Balaban J connectivity index is 1.81. The van der Waals surface area contributed by atoms with Crippen LogP contribution in [0.15, 0.2) is 36.4 Å². The molecule has 0 aliphatic rings. The number of benzene rings is 2. The molecule has 2 N–H and O–H groups in total. The molecule has 0 radical (unpaired) electrons. The average Bonchev–Trinajstić information content (AvgIpc) is 2.57. The molecule has 0 heterocycles. The number of halogens is 4. The van der Waals surface area contributed by atoms with Gasteiger partial charge in [-0.25, -0.2) is 17.6 Å². The van der Waals surface area contributed by atoms with Gasteiger partial charge in [0.2, 0.25) is 11.8 Å². The maximum atomic E-state index is 13.4. The van der Waals surface area contributed by atoms with Crippen molar-refractivity contribution in [3.8, 4) is 0 Å². The smallest absolute Gasteiger partial charge is 0.233 e. The van der Waals surface area contributed by atoms with Gasteiger partial charge in [0.25, 0.3) is 0 Å². The Labute approximate surface area is 140 Å². The van der Waals surface area contributed by atoms with E-state index in [0.29, 0.717) is 11.6 Å². The van der Waals surface area contributed by atoms with E-state index in [9.17, 15) is 27.2 Å². The van der Waals surface area contributed by atoms with Gasteiger partial charge >= 0.3 is 0 Å². The fourth-order valence-corrected chi connectivity index (χ4v) is 2.06. The summed E-state index contributed by atoms with van der Waals surface area (Å²) in [5.41, 5.74) is -0.154. The zero-order valence-corrected chi connectivity index (χ0v) is 12.9. The van der Waals surface area contributed by atoms with E-state index < -0.39 is 47.2 Å². The third kappa shape index (κ3) is 5.03. The number of amides is 2. The van der Waals surface area contributed by atoms with E-state index in [0.717, 1.165) is 6.07 Å². The third-order valence-corrected chi connectivity index (χ3v) is 3.30. The molecule has 0 unspecified atom stereocenters. The minimum atomic E-state index is -1.72. The highest BCUT2D eigenvalue weighted by molar-refractivity contribution is 6.03. The van der Waals surface area contributed by atoms with Gasteiger partial charge in [-0.15, -0.1) is 0 Å². The van der Waals surface area contributed by atoms with E-state index in [1.807, 2.05) is 5.32 Å². The second-order valence-corrected chi connectivity index (χ2v) is 5.14. The van der Waals surface area contributed by atoms with E-state index in [-0.39, 0.29) is 13.0 Å². The highest BCUT2D eigenvalue weighted by Crippen LogP contribution is 2.19. The number of hydrogen-bond donors (Lipinski definition) is 2. The Morgan fingerprint density at radius 1 is 0.840 bits per heavy atom. The number of hydrogen-bond acceptors (Lipinski definition) is 2. The minimum Gasteiger partial charge on any atom is -0.355 e. The number of carbonyl (C=O) groups is 2. The first-order valence-electron chi connectivity index (χ1n) is 7.32. The molecule has 2 aromatic carbocycles. The summed E-state index contributed by atoms with van der Waals surface area (Å²) in [6.45, 7) is 0.104. The molecule has 0 aromatic heterocycles. The molecule has 0 saturated carbocycles. The van der Waals surface area contributed by atoms with E-state index in [1.54, 1.807) is 18.2 Å². The third-order valence-electron chi connectivity index (χ3n) is 3.30. The van der Waals surface area contributed by atoms with E-state index in [2.05, 4.69) is 5.32 Å². The summed E-state index contributed by atoms with van der Waals surface area (Å²) in [5, 5.41) is 4.40. The molecule has 2 amide bonds. The van der Waals surface area contributed by atoms with E-state index >= 15 is 0 Å². The van der Waals surface area contributed by atoms with Crippen LogP contribution in [0.4, 0.5) is 23.2 Å². The SMILES string of the molecule is O=C(CC(=O)Nc1ccc(F)c(F)c1F)NCCc1ccccc1F. The molecule has 0 aliphatic carbocycles. The molecule has 2 rings (SSSR count). The lowest BCUT2D eigenvalue weighted by atomic mass is 10.1. The van der Waals surface area contributed by atoms with Crippen molar-refractivity contribution in [2.24, 2.45) is 0 Å². The van der Waals surface area contributed by atoms with Crippen molar-refractivity contribution in [2.45, 2.75) is 12.8 Å². The number of anilines is 1. The summed E-state index contributed by atoms with van der Waals surface area (Å²) >= 11 is 0. The first kappa shape index (κ1) is 18.4. The fraction of sp³-hybridized carbons (Fsp3) is 0.176. The molecule has 0 aliphatic heterocycles. The summed E-state index contributed by atoms with van der Waals surface area (Å²) in [6, 6.07) is 7.56. The second-order valence-electron chi connectivity index (χ2n) is 5.14. The van der Waals surface area contributed by atoms with Crippen molar-refractivity contribution in [3.63, 3.8) is 0 Å². The highest BCUT2D eigenvalue weighted by Gasteiger charge is 2.16. The van der Waals surface area contributed by atoms with Crippen LogP contribution in [-0.2, 0) is 16.0 Å². The molecular formula is C17H14F4N2O2. The number of nitrogens with one attached hydrogen (secondary N) is 2. The van der Waals surface area contributed by atoms with Crippen LogP contribution in [0, 0.1) is 23.3 Å². The fourth-order valence-electron chi connectivity index (χ4n) is 2.06. The summed E-state index contributed by atoms with van der Waals surface area (Å²) in [4.78, 5) is 23.3. The van der Waals surface area contributed by atoms with E-state index in [1.165, 1.54) is 6.07 Å². The van der Waals surface area contributed by atoms with E-state index in [4.69, 9.17) is 0 Å². The molecule has 132 valence electrons. The Kier molecular flexibility index (Phi) is 6.10. The van der Waals surface area contributed by atoms with Gasteiger partial charge in [0, 0.05) is 6.54 Å². The van der Waals surface area contributed by atoms with Gasteiger partial charge in [-0.1, -0.05) is 18.2 Å². The van der Waals surface area contributed by atoms with Crippen molar-refractivity contribution in [1.29, 1.82) is 0 Å². The van der Waals surface area contributed by atoms with Crippen molar-refractivity contribution < 1.29 is 27.2 Å². The molecule has 25 heavy (non-hydrogen) atoms. The van der Waals surface area contributed by atoms with Crippen LogP contribution in [-0.4, -0.2) is 18.4 Å². The Bertz CT molecular complexity index is 796. The first-order chi connectivity index (χ1) is 11.9. The molecular weight excluding hydrogens is 340 g/mol. The second kappa shape index (κ2) is 8.27. The first-order valence-corrected chi connectivity index (χ1v) is 7.32. The predicted octanol–water partition coefficient (Wildman–Crippen LogP) is 2.93. The average molecular weight is 354 g/mol. The number of rotatable bonds is 6. The van der Waals surface area contributed by atoms with Crippen molar-refractivity contribution in [3.05, 3.63) is 65.2 Å². The Morgan fingerprint density at radius 3 is 2.28 bits per heavy atom. The van der Waals surface area contributed by atoms with Gasteiger partial charge in [-0.2, -0.15) is 0 Å². The molecule has 8 heteroatoms. The normalized spacial score (nSPS) is 10.4. The van der Waals surface area contributed by atoms with Crippen LogP contribution in [0.25, 0.3) is 0 Å². The largest absolute Gasteiger partial charge is 0.355 e. The molecule has 4 nitrogen and oxygen atoms in total. The standard InChI is InChI=1S/C17H14F4N2O2/c18-11-4-2-1-3-10(11)7-8-22-14(24)9-15(25)23-13-6-5-12(19)16(20)17(13)21/h1-6H,7-9H2,(H,22,24)(H,23,25). The van der Waals surface area contributed by atoms with Crippen LogP contribution in [0.3, 0.4) is 0 Å². The minimum absolute atomic E-state index is 0.104. The lowest BCUT2D eigenvalue weighted by Gasteiger charge is -2.08. The zero-order chi connectivity index (χ0) is 18.4.